The van der Waals surface area contributed by atoms with Crippen molar-refractivity contribution in [1.29, 1.82) is 0 Å². The van der Waals surface area contributed by atoms with Crippen molar-refractivity contribution < 1.29 is 30.4 Å². The number of amides is 1. The van der Waals surface area contributed by atoms with Crippen molar-refractivity contribution in [2.45, 2.75) is 16.2 Å². The van der Waals surface area contributed by atoms with Gasteiger partial charge in [0.05, 0.1) is 16.3 Å². The maximum Gasteiger partial charge on any atom is 0.255 e. The zero-order valence-corrected chi connectivity index (χ0v) is 12.3. The number of hydrogen-bond donors (Lipinski definition) is 2. The Morgan fingerprint density at radius 1 is 1.19 bits per heavy atom. The smallest absolute Gasteiger partial charge is 0.255 e. The predicted octanol–water partition coefficient (Wildman–Crippen LogP) is -0.268. The Morgan fingerprint density at radius 2 is 1.71 bits per heavy atom. The Hall–Kier alpha value is -1.59. The van der Waals surface area contributed by atoms with E-state index in [1.54, 1.807) is 0 Å². The number of rotatable bonds is 5. The van der Waals surface area contributed by atoms with Crippen molar-refractivity contribution in [1.82, 2.24) is 5.32 Å². The number of benzene rings is 1. The van der Waals surface area contributed by atoms with Crippen molar-refractivity contribution in [2.24, 2.45) is 5.14 Å². The lowest BCUT2D eigenvalue weighted by molar-refractivity contribution is 0.0891. The second-order valence-corrected chi connectivity index (χ2v) is 7.69. The first-order valence-corrected chi connectivity index (χ1v) is 8.79. The molecule has 0 unspecified atom stereocenters. The molecule has 0 heterocycles. The standard InChI is InChI=1S/C10H12F2N2O5S2/c1-20(16,17)7-2-6(10(15)14-5-9(11)12)3-8(4-7)21(13,18)19/h2-4,9H,5H2,1H3,(H,14,15)(H2,13,18,19). The minimum atomic E-state index is -4.27. The van der Waals surface area contributed by atoms with Crippen LogP contribution in [0.4, 0.5) is 8.78 Å². The molecule has 0 spiro atoms. The molecular weight excluding hydrogens is 330 g/mol. The molecule has 0 aliphatic carbocycles. The van der Waals surface area contributed by atoms with Crippen LogP contribution in [0.25, 0.3) is 0 Å². The fourth-order valence-electron chi connectivity index (χ4n) is 1.35. The van der Waals surface area contributed by atoms with Gasteiger partial charge in [-0.25, -0.2) is 30.8 Å². The van der Waals surface area contributed by atoms with Crippen molar-refractivity contribution in [2.75, 3.05) is 12.8 Å². The Bertz CT molecular complexity index is 709. The Labute approximate surface area is 120 Å². The zero-order chi connectivity index (χ0) is 16.4. The average molecular weight is 342 g/mol. The summed E-state index contributed by atoms with van der Waals surface area (Å²) in [4.78, 5) is 10.6. The topological polar surface area (TPSA) is 123 Å². The maximum absolute atomic E-state index is 12.0. The Morgan fingerprint density at radius 3 is 2.14 bits per heavy atom. The second-order valence-electron chi connectivity index (χ2n) is 4.11. The lowest BCUT2D eigenvalue weighted by Gasteiger charge is -2.08. The number of alkyl halides is 2. The number of carbonyl (C=O) groups excluding carboxylic acids is 1. The summed E-state index contributed by atoms with van der Waals surface area (Å²) in [6, 6.07) is 2.48. The van der Waals surface area contributed by atoms with Gasteiger partial charge in [-0.3, -0.25) is 4.79 Å². The number of halogens is 2. The van der Waals surface area contributed by atoms with Gasteiger partial charge >= 0.3 is 0 Å². The van der Waals surface area contributed by atoms with Crippen LogP contribution in [0, 0.1) is 0 Å². The van der Waals surface area contributed by atoms with Crippen LogP contribution < -0.4 is 10.5 Å². The van der Waals surface area contributed by atoms with E-state index in [1.807, 2.05) is 5.32 Å². The molecule has 0 bridgehead atoms. The van der Waals surface area contributed by atoms with E-state index in [-0.39, 0.29) is 0 Å². The summed E-state index contributed by atoms with van der Waals surface area (Å²) >= 11 is 0. The van der Waals surface area contributed by atoms with Crippen LogP contribution in [-0.4, -0.2) is 42.0 Å². The molecule has 1 rings (SSSR count). The molecule has 21 heavy (non-hydrogen) atoms. The number of sulfonamides is 1. The molecule has 0 aromatic heterocycles. The highest BCUT2D eigenvalue weighted by Gasteiger charge is 2.19. The van der Waals surface area contributed by atoms with Crippen molar-refractivity contribution in [3.8, 4) is 0 Å². The van der Waals surface area contributed by atoms with Gasteiger partial charge in [0.1, 0.15) is 0 Å². The van der Waals surface area contributed by atoms with Gasteiger partial charge in [-0.05, 0) is 18.2 Å². The van der Waals surface area contributed by atoms with Gasteiger partial charge in [0, 0.05) is 11.8 Å². The third-order valence-electron chi connectivity index (χ3n) is 2.32. The molecule has 1 aromatic carbocycles. The van der Waals surface area contributed by atoms with E-state index in [0.29, 0.717) is 0 Å². The summed E-state index contributed by atoms with van der Waals surface area (Å²) in [6.07, 6.45) is -2.00. The number of hydrogen-bond acceptors (Lipinski definition) is 5. The summed E-state index contributed by atoms with van der Waals surface area (Å²) in [5.41, 5.74) is -0.400. The van der Waals surface area contributed by atoms with E-state index in [9.17, 15) is 30.4 Å². The fourth-order valence-corrected chi connectivity index (χ4v) is 2.69. The highest BCUT2D eigenvalue weighted by Crippen LogP contribution is 2.18. The molecule has 11 heteroatoms. The van der Waals surface area contributed by atoms with Crippen molar-refractivity contribution in [3.05, 3.63) is 23.8 Å². The van der Waals surface area contributed by atoms with Gasteiger partial charge in [0.25, 0.3) is 12.3 Å². The van der Waals surface area contributed by atoms with Crippen molar-refractivity contribution in [3.63, 3.8) is 0 Å². The second kappa shape index (κ2) is 6.03. The average Bonchev–Trinajstić information content (AvgIpc) is 2.33. The van der Waals surface area contributed by atoms with Gasteiger partial charge in [0.2, 0.25) is 10.0 Å². The number of nitrogens with one attached hydrogen (secondary N) is 1. The first-order valence-electron chi connectivity index (χ1n) is 5.35. The number of nitrogens with two attached hydrogens (primary N) is 1. The molecule has 1 amide bonds. The minimum Gasteiger partial charge on any atom is -0.346 e. The van der Waals surface area contributed by atoms with Crippen molar-refractivity contribution >= 4 is 25.8 Å². The van der Waals surface area contributed by atoms with Gasteiger partial charge in [-0.1, -0.05) is 0 Å². The van der Waals surface area contributed by atoms with Gasteiger partial charge in [-0.2, -0.15) is 0 Å². The minimum absolute atomic E-state index is 0.400. The molecule has 3 N–H and O–H groups in total. The maximum atomic E-state index is 12.0. The first kappa shape index (κ1) is 17.5. The fraction of sp³-hybridized carbons (Fsp3) is 0.300. The molecule has 0 aliphatic rings. The SMILES string of the molecule is CS(=O)(=O)c1cc(C(=O)NCC(F)F)cc(S(N)(=O)=O)c1. The number of carbonyl (C=O) groups is 1. The lowest BCUT2D eigenvalue weighted by Crippen LogP contribution is -2.29. The monoisotopic (exact) mass is 342 g/mol. The first-order chi connectivity index (χ1) is 9.41. The number of primary sulfonamides is 1. The normalized spacial score (nSPS) is 12.4. The van der Waals surface area contributed by atoms with Gasteiger partial charge in [0.15, 0.2) is 9.84 Å². The molecule has 118 valence electrons. The van der Waals surface area contributed by atoms with Gasteiger partial charge in [-0.15, -0.1) is 0 Å². The molecule has 0 saturated carbocycles. The van der Waals surface area contributed by atoms with Crippen LogP contribution in [-0.2, 0) is 19.9 Å². The van der Waals surface area contributed by atoms with Crippen LogP contribution in [0.2, 0.25) is 0 Å². The molecule has 7 nitrogen and oxygen atoms in total. The summed E-state index contributed by atoms with van der Waals surface area (Å²) in [6.45, 7) is -0.952. The predicted molar refractivity (Wildman–Crippen MR) is 69.3 cm³/mol. The van der Waals surface area contributed by atoms with Crippen LogP contribution in [0.3, 0.4) is 0 Å². The van der Waals surface area contributed by atoms with E-state index in [1.165, 1.54) is 0 Å². The quantitative estimate of drug-likeness (QED) is 0.762. The summed E-state index contributed by atoms with van der Waals surface area (Å²) in [5, 5.41) is 6.72. The van der Waals surface area contributed by atoms with Crippen LogP contribution >= 0.6 is 0 Å². The van der Waals surface area contributed by atoms with Crippen LogP contribution in [0.15, 0.2) is 28.0 Å². The summed E-state index contributed by atoms with van der Waals surface area (Å²) < 4.78 is 69.5. The summed E-state index contributed by atoms with van der Waals surface area (Å²) in [7, 11) is -8.09. The Balaban J connectivity index is 3.36. The van der Waals surface area contributed by atoms with Crippen LogP contribution in [0.1, 0.15) is 10.4 Å². The Kier molecular flexibility index (Phi) is 5.02. The highest BCUT2D eigenvalue weighted by atomic mass is 32.2. The third kappa shape index (κ3) is 5.02. The zero-order valence-electron chi connectivity index (χ0n) is 10.7. The lowest BCUT2D eigenvalue weighted by atomic mass is 10.2. The highest BCUT2D eigenvalue weighted by molar-refractivity contribution is 7.91. The number of sulfone groups is 1. The molecule has 0 atom stereocenters. The molecular formula is C10H12F2N2O5S2. The van der Waals surface area contributed by atoms with E-state index in [4.69, 9.17) is 5.14 Å². The molecule has 0 radical (unpaired) electrons. The van der Waals surface area contributed by atoms with E-state index in [2.05, 4.69) is 0 Å². The van der Waals surface area contributed by atoms with Gasteiger partial charge < -0.3 is 5.32 Å². The van der Waals surface area contributed by atoms with Crippen LogP contribution in [0.5, 0.6) is 0 Å². The third-order valence-corrected chi connectivity index (χ3v) is 4.30. The molecule has 0 fully saturated rings. The van der Waals surface area contributed by atoms with E-state index in [0.717, 1.165) is 24.5 Å². The molecule has 0 aliphatic heterocycles. The summed E-state index contributed by atoms with van der Waals surface area (Å²) in [5.74, 6) is -1.04. The molecule has 0 saturated heterocycles. The molecule has 1 aromatic rings. The van der Waals surface area contributed by atoms with E-state index >= 15 is 0 Å². The van der Waals surface area contributed by atoms with E-state index < -0.39 is 54.1 Å². The largest absolute Gasteiger partial charge is 0.346 e.